The lowest BCUT2D eigenvalue weighted by Gasteiger charge is -2.06. The van der Waals surface area contributed by atoms with E-state index in [1.165, 1.54) is 11.3 Å². The highest BCUT2D eigenvalue weighted by Crippen LogP contribution is 2.22. The summed E-state index contributed by atoms with van der Waals surface area (Å²) in [5, 5.41) is 4.30. The summed E-state index contributed by atoms with van der Waals surface area (Å²) in [5.41, 5.74) is 0. The Morgan fingerprint density at radius 3 is 2.89 bits per heavy atom. The highest BCUT2D eigenvalue weighted by atomic mass is 32.2. The van der Waals surface area contributed by atoms with Crippen LogP contribution in [0.2, 0.25) is 0 Å². The van der Waals surface area contributed by atoms with Crippen LogP contribution in [0.4, 0.5) is 0 Å². The molecule has 4 nitrogen and oxygen atoms in total. The van der Waals surface area contributed by atoms with Gasteiger partial charge < -0.3 is 9.47 Å². The molecule has 1 aromatic carbocycles. The first-order valence-corrected chi connectivity index (χ1v) is 7.84. The summed E-state index contributed by atoms with van der Waals surface area (Å²) >= 11 is 8.29. The fraction of sp³-hybridized carbons (Fsp3) is 0.333. The van der Waals surface area contributed by atoms with E-state index in [4.69, 9.17) is 21.7 Å². The smallest absolute Gasteiger partial charge is 0.179 e. The summed E-state index contributed by atoms with van der Waals surface area (Å²) in [5.74, 6) is 2.45. The van der Waals surface area contributed by atoms with Crippen LogP contribution in [0.1, 0.15) is 0 Å². The molecule has 0 radical (unpaired) electrons. The van der Waals surface area contributed by atoms with Gasteiger partial charge in [-0.15, -0.1) is 0 Å². The first kappa shape index (κ1) is 14.4. The molecule has 0 aliphatic carbocycles. The standard InChI is InChI=1S/C12H14N2O2S3/c1-14-12(17)19-11(13-14)18-7-6-16-10-5-3-4-9(8-10)15-2/h3-5,8H,6-7H2,1-2H3. The first-order chi connectivity index (χ1) is 9.19. The molecule has 0 spiro atoms. The summed E-state index contributed by atoms with van der Waals surface area (Å²) in [6.07, 6.45) is 0. The predicted molar refractivity (Wildman–Crippen MR) is 81.1 cm³/mol. The van der Waals surface area contributed by atoms with Gasteiger partial charge in [0, 0.05) is 18.9 Å². The lowest BCUT2D eigenvalue weighted by Crippen LogP contribution is -2.00. The van der Waals surface area contributed by atoms with E-state index in [0.29, 0.717) is 6.61 Å². The summed E-state index contributed by atoms with van der Waals surface area (Å²) in [6.45, 7) is 0.619. The molecule has 0 fully saturated rings. The van der Waals surface area contributed by atoms with E-state index in [1.54, 1.807) is 23.6 Å². The van der Waals surface area contributed by atoms with Crippen molar-refractivity contribution in [3.05, 3.63) is 28.2 Å². The zero-order chi connectivity index (χ0) is 13.7. The average molecular weight is 314 g/mol. The van der Waals surface area contributed by atoms with Crippen LogP contribution in [0.15, 0.2) is 28.6 Å². The second-order valence-corrected chi connectivity index (χ2v) is 6.60. The third-order valence-electron chi connectivity index (χ3n) is 2.29. The maximum absolute atomic E-state index is 5.65. The molecule has 1 aromatic heterocycles. The highest BCUT2D eigenvalue weighted by molar-refractivity contribution is 8.01. The van der Waals surface area contributed by atoms with Crippen molar-refractivity contribution < 1.29 is 9.47 Å². The van der Waals surface area contributed by atoms with Crippen LogP contribution in [0.25, 0.3) is 0 Å². The molecule has 0 unspecified atom stereocenters. The van der Waals surface area contributed by atoms with Crippen LogP contribution < -0.4 is 9.47 Å². The Bertz CT molecular complexity index is 595. The molecule has 0 saturated carbocycles. The Morgan fingerprint density at radius 1 is 1.42 bits per heavy atom. The van der Waals surface area contributed by atoms with Gasteiger partial charge >= 0.3 is 0 Å². The zero-order valence-corrected chi connectivity index (χ0v) is 13.1. The summed E-state index contributed by atoms with van der Waals surface area (Å²) in [7, 11) is 3.50. The molecular weight excluding hydrogens is 300 g/mol. The molecule has 0 atom stereocenters. The number of methoxy groups -OCH3 is 1. The predicted octanol–water partition coefficient (Wildman–Crippen LogP) is 3.39. The van der Waals surface area contributed by atoms with Crippen molar-refractivity contribution in [2.24, 2.45) is 7.05 Å². The van der Waals surface area contributed by atoms with E-state index in [-0.39, 0.29) is 0 Å². The third-order valence-corrected chi connectivity index (χ3v) is 4.80. The van der Waals surface area contributed by atoms with Crippen LogP contribution in [-0.4, -0.2) is 29.3 Å². The Hall–Kier alpha value is -1.05. The largest absolute Gasteiger partial charge is 0.497 e. The summed E-state index contributed by atoms with van der Waals surface area (Å²) < 4.78 is 14.3. The monoisotopic (exact) mass is 314 g/mol. The number of rotatable bonds is 6. The highest BCUT2D eigenvalue weighted by Gasteiger charge is 2.02. The maximum Gasteiger partial charge on any atom is 0.179 e. The lowest BCUT2D eigenvalue weighted by molar-refractivity contribution is 0.339. The van der Waals surface area contributed by atoms with E-state index in [2.05, 4.69) is 5.10 Å². The lowest BCUT2D eigenvalue weighted by atomic mass is 10.3. The topological polar surface area (TPSA) is 36.3 Å². The van der Waals surface area contributed by atoms with Gasteiger partial charge in [-0.3, -0.25) is 0 Å². The van der Waals surface area contributed by atoms with Gasteiger partial charge in [-0.25, -0.2) is 4.68 Å². The van der Waals surface area contributed by atoms with E-state index in [9.17, 15) is 0 Å². The SMILES string of the molecule is COc1cccc(OCCSc2nn(C)c(=S)s2)c1. The van der Waals surface area contributed by atoms with Crippen molar-refractivity contribution >= 4 is 35.3 Å². The number of nitrogens with zero attached hydrogens (tertiary/aromatic N) is 2. The van der Waals surface area contributed by atoms with Crippen LogP contribution in [0, 0.1) is 3.95 Å². The number of benzene rings is 1. The van der Waals surface area contributed by atoms with E-state index < -0.39 is 0 Å². The number of hydrogen-bond donors (Lipinski definition) is 0. The Kier molecular flexibility index (Phi) is 5.24. The van der Waals surface area contributed by atoms with Crippen LogP contribution >= 0.6 is 35.3 Å². The molecule has 0 saturated heterocycles. The minimum absolute atomic E-state index is 0.619. The number of aromatic nitrogens is 2. The minimum Gasteiger partial charge on any atom is -0.497 e. The van der Waals surface area contributed by atoms with Crippen LogP contribution in [-0.2, 0) is 7.05 Å². The van der Waals surface area contributed by atoms with Gasteiger partial charge in [0.2, 0.25) is 0 Å². The molecular formula is C12H14N2O2S3. The first-order valence-electron chi connectivity index (χ1n) is 5.63. The Balaban J connectivity index is 1.78. The van der Waals surface area contributed by atoms with Gasteiger partial charge in [0.05, 0.1) is 13.7 Å². The van der Waals surface area contributed by atoms with Crippen LogP contribution in [0.3, 0.4) is 0 Å². The minimum atomic E-state index is 0.619. The van der Waals surface area contributed by atoms with Crippen molar-refractivity contribution in [2.75, 3.05) is 19.5 Å². The molecule has 19 heavy (non-hydrogen) atoms. The van der Waals surface area contributed by atoms with Gasteiger partial charge in [0.25, 0.3) is 0 Å². The van der Waals surface area contributed by atoms with E-state index in [0.717, 1.165) is 25.5 Å². The maximum atomic E-state index is 5.65. The van der Waals surface area contributed by atoms with Gasteiger partial charge in [-0.1, -0.05) is 29.2 Å². The average Bonchev–Trinajstić information content (AvgIpc) is 2.74. The fourth-order valence-corrected chi connectivity index (χ4v) is 3.53. The Morgan fingerprint density at radius 2 is 2.21 bits per heavy atom. The second kappa shape index (κ2) is 6.93. The number of hydrogen-bond acceptors (Lipinski definition) is 6. The quantitative estimate of drug-likeness (QED) is 0.464. The second-order valence-electron chi connectivity index (χ2n) is 3.63. The molecule has 1 heterocycles. The molecule has 0 amide bonds. The summed E-state index contributed by atoms with van der Waals surface area (Å²) in [6, 6.07) is 7.58. The molecule has 102 valence electrons. The third kappa shape index (κ3) is 4.22. The van der Waals surface area contributed by atoms with Crippen molar-refractivity contribution in [1.29, 1.82) is 0 Å². The number of ether oxygens (including phenoxy) is 2. The van der Waals surface area contributed by atoms with Gasteiger partial charge in [0.1, 0.15) is 11.5 Å². The van der Waals surface area contributed by atoms with Crippen molar-refractivity contribution in [2.45, 2.75) is 4.34 Å². The molecule has 0 aliphatic heterocycles. The molecule has 0 N–H and O–H groups in total. The van der Waals surface area contributed by atoms with E-state index in [1.807, 2.05) is 31.3 Å². The normalized spacial score (nSPS) is 10.4. The molecule has 2 aromatic rings. The van der Waals surface area contributed by atoms with Gasteiger partial charge in [-0.2, -0.15) is 5.10 Å². The number of thioether (sulfide) groups is 1. The van der Waals surface area contributed by atoms with Crippen LogP contribution in [0.5, 0.6) is 11.5 Å². The summed E-state index contributed by atoms with van der Waals surface area (Å²) in [4.78, 5) is 0. The van der Waals surface area contributed by atoms with Crippen molar-refractivity contribution in [3.63, 3.8) is 0 Å². The van der Waals surface area contributed by atoms with Crippen molar-refractivity contribution in [1.82, 2.24) is 9.78 Å². The molecule has 2 rings (SSSR count). The van der Waals surface area contributed by atoms with Crippen molar-refractivity contribution in [3.8, 4) is 11.5 Å². The van der Waals surface area contributed by atoms with E-state index >= 15 is 0 Å². The molecule has 0 bridgehead atoms. The Labute approximate surface area is 125 Å². The zero-order valence-electron chi connectivity index (χ0n) is 10.7. The van der Waals surface area contributed by atoms with Gasteiger partial charge in [-0.05, 0) is 24.4 Å². The molecule has 0 aliphatic rings. The number of aryl methyl sites for hydroxylation is 1. The van der Waals surface area contributed by atoms with Gasteiger partial charge in [0.15, 0.2) is 8.29 Å². The molecule has 7 heteroatoms. The fourth-order valence-electron chi connectivity index (χ4n) is 1.36.